The predicted molar refractivity (Wildman–Crippen MR) is 124 cm³/mol. The quantitative estimate of drug-likeness (QED) is 0.606. The van der Waals surface area contributed by atoms with Gasteiger partial charge < -0.3 is 5.32 Å². The van der Waals surface area contributed by atoms with Gasteiger partial charge in [0.15, 0.2) is 5.69 Å². The van der Waals surface area contributed by atoms with E-state index in [-0.39, 0.29) is 11.7 Å². The molecule has 0 aliphatic heterocycles. The van der Waals surface area contributed by atoms with Crippen LogP contribution in [-0.2, 0) is 0 Å². The molecule has 0 saturated heterocycles. The second kappa shape index (κ2) is 10.2. The number of hydrogen-bond acceptors (Lipinski definition) is 4. The van der Waals surface area contributed by atoms with E-state index < -0.39 is 11.3 Å². The van der Waals surface area contributed by atoms with E-state index in [0.29, 0.717) is 6.54 Å². The molecule has 1 atom stereocenters. The SMILES string of the molecule is CCN(CC)C(CNC(=O)c1nn(-c2ccc(C)c(C)c2)ccc1=O)c1ccccc1. The summed E-state index contributed by atoms with van der Waals surface area (Å²) in [6, 6.07) is 17.4. The lowest BCUT2D eigenvalue weighted by Gasteiger charge is -2.30. The summed E-state index contributed by atoms with van der Waals surface area (Å²) in [4.78, 5) is 27.6. The molecule has 3 rings (SSSR count). The standard InChI is InChI=1S/C25H30N4O2/c1-5-28(6-2)22(20-10-8-7-9-11-20)17-26-25(31)24-23(30)14-15-29(27-24)21-13-12-18(3)19(4)16-21/h7-16,22H,5-6,17H2,1-4H3,(H,26,31). The Morgan fingerprint density at radius 2 is 1.74 bits per heavy atom. The van der Waals surface area contributed by atoms with E-state index in [1.54, 1.807) is 10.9 Å². The molecule has 6 nitrogen and oxygen atoms in total. The molecular weight excluding hydrogens is 388 g/mol. The summed E-state index contributed by atoms with van der Waals surface area (Å²) in [6.45, 7) is 10.4. The van der Waals surface area contributed by atoms with Crippen LogP contribution >= 0.6 is 0 Å². The molecule has 0 saturated carbocycles. The summed E-state index contributed by atoms with van der Waals surface area (Å²) in [7, 11) is 0. The maximum absolute atomic E-state index is 12.9. The molecule has 0 fully saturated rings. The lowest BCUT2D eigenvalue weighted by molar-refractivity contribution is 0.0927. The molecule has 162 valence electrons. The van der Waals surface area contributed by atoms with Gasteiger partial charge in [0.1, 0.15) is 0 Å². The van der Waals surface area contributed by atoms with Crippen LogP contribution in [0.3, 0.4) is 0 Å². The van der Waals surface area contributed by atoms with Crippen LogP contribution in [0.2, 0.25) is 0 Å². The number of aromatic nitrogens is 2. The molecule has 1 heterocycles. The van der Waals surface area contributed by atoms with Crippen LogP contribution in [-0.4, -0.2) is 40.2 Å². The molecule has 0 aliphatic carbocycles. The van der Waals surface area contributed by atoms with Crippen molar-refractivity contribution in [3.05, 3.63) is 93.4 Å². The van der Waals surface area contributed by atoms with Gasteiger partial charge in [0, 0.05) is 18.8 Å². The first kappa shape index (κ1) is 22.4. The van der Waals surface area contributed by atoms with E-state index in [9.17, 15) is 9.59 Å². The third kappa shape index (κ3) is 5.27. The highest BCUT2D eigenvalue weighted by atomic mass is 16.2. The van der Waals surface area contributed by atoms with Gasteiger partial charge in [-0.1, -0.05) is 50.2 Å². The van der Waals surface area contributed by atoms with Gasteiger partial charge >= 0.3 is 0 Å². The summed E-state index contributed by atoms with van der Waals surface area (Å²) in [6.07, 6.45) is 1.59. The van der Waals surface area contributed by atoms with Crippen molar-refractivity contribution in [1.29, 1.82) is 0 Å². The Labute approximate surface area is 183 Å². The Morgan fingerprint density at radius 1 is 1.03 bits per heavy atom. The second-order valence-corrected chi connectivity index (χ2v) is 7.60. The first-order valence-electron chi connectivity index (χ1n) is 10.7. The maximum atomic E-state index is 12.9. The van der Waals surface area contributed by atoms with Gasteiger partial charge in [-0.3, -0.25) is 14.5 Å². The molecule has 0 aliphatic rings. The highest BCUT2D eigenvalue weighted by Crippen LogP contribution is 2.19. The predicted octanol–water partition coefficient (Wildman–Crippen LogP) is 3.66. The van der Waals surface area contributed by atoms with Crippen molar-refractivity contribution in [2.45, 2.75) is 33.7 Å². The first-order valence-corrected chi connectivity index (χ1v) is 10.7. The summed E-state index contributed by atoms with van der Waals surface area (Å²) in [5.41, 5.74) is 3.73. The summed E-state index contributed by atoms with van der Waals surface area (Å²) >= 11 is 0. The zero-order valence-corrected chi connectivity index (χ0v) is 18.6. The van der Waals surface area contributed by atoms with Gasteiger partial charge in [0.05, 0.1) is 11.7 Å². The number of amides is 1. The number of aryl methyl sites for hydroxylation is 2. The van der Waals surface area contributed by atoms with Crippen LogP contribution in [0.4, 0.5) is 0 Å². The highest BCUT2D eigenvalue weighted by Gasteiger charge is 2.20. The number of nitrogens with zero attached hydrogens (tertiary/aromatic N) is 3. The minimum Gasteiger partial charge on any atom is -0.349 e. The van der Waals surface area contributed by atoms with E-state index in [4.69, 9.17) is 0 Å². The topological polar surface area (TPSA) is 67.2 Å². The smallest absolute Gasteiger partial charge is 0.275 e. The monoisotopic (exact) mass is 418 g/mol. The van der Waals surface area contributed by atoms with E-state index >= 15 is 0 Å². The average Bonchev–Trinajstić information content (AvgIpc) is 2.79. The number of likely N-dealkylation sites (N-methyl/N-ethyl adjacent to an activating group) is 1. The number of nitrogens with one attached hydrogen (secondary N) is 1. The molecule has 1 amide bonds. The van der Waals surface area contributed by atoms with Crippen LogP contribution in [0.25, 0.3) is 5.69 Å². The fourth-order valence-corrected chi connectivity index (χ4v) is 3.65. The maximum Gasteiger partial charge on any atom is 0.275 e. The number of carbonyl (C=O) groups is 1. The van der Waals surface area contributed by atoms with Crippen molar-refractivity contribution in [3.8, 4) is 5.69 Å². The number of rotatable bonds is 8. The molecule has 3 aromatic rings. The summed E-state index contributed by atoms with van der Waals surface area (Å²) < 4.78 is 1.57. The van der Waals surface area contributed by atoms with Crippen molar-refractivity contribution < 1.29 is 4.79 Å². The Kier molecular flexibility index (Phi) is 7.36. The fraction of sp³-hybridized carbons (Fsp3) is 0.320. The minimum absolute atomic E-state index is 0.0193. The third-order valence-corrected chi connectivity index (χ3v) is 5.67. The summed E-state index contributed by atoms with van der Waals surface area (Å²) in [5, 5.41) is 7.26. The minimum atomic E-state index is -0.462. The summed E-state index contributed by atoms with van der Waals surface area (Å²) in [5.74, 6) is -0.462. The van der Waals surface area contributed by atoms with E-state index in [1.807, 2.05) is 50.2 Å². The molecule has 0 spiro atoms. The van der Waals surface area contributed by atoms with Crippen molar-refractivity contribution in [2.24, 2.45) is 0 Å². The van der Waals surface area contributed by atoms with E-state index in [1.165, 1.54) is 11.6 Å². The van der Waals surface area contributed by atoms with Gasteiger partial charge in [-0.2, -0.15) is 5.10 Å². The molecular formula is C25H30N4O2. The normalized spacial score (nSPS) is 12.0. The van der Waals surface area contributed by atoms with E-state index in [0.717, 1.165) is 29.9 Å². The van der Waals surface area contributed by atoms with Crippen LogP contribution in [0.5, 0.6) is 0 Å². The highest BCUT2D eigenvalue weighted by molar-refractivity contribution is 5.92. The van der Waals surface area contributed by atoms with Crippen LogP contribution in [0, 0.1) is 13.8 Å². The third-order valence-electron chi connectivity index (χ3n) is 5.67. The Hall–Kier alpha value is -3.25. The fourth-order valence-electron chi connectivity index (χ4n) is 3.65. The van der Waals surface area contributed by atoms with Gasteiger partial charge in [0.25, 0.3) is 5.91 Å². The Balaban J connectivity index is 1.83. The molecule has 1 aromatic heterocycles. The van der Waals surface area contributed by atoms with Crippen LogP contribution in [0.1, 0.15) is 47.1 Å². The van der Waals surface area contributed by atoms with Gasteiger partial charge in [-0.05, 0) is 55.8 Å². The number of benzene rings is 2. The first-order chi connectivity index (χ1) is 14.9. The molecule has 0 radical (unpaired) electrons. The number of carbonyl (C=O) groups excluding carboxylic acids is 1. The molecule has 0 bridgehead atoms. The zero-order valence-electron chi connectivity index (χ0n) is 18.6. The van der Waals surface area contributed by atoms with E-state index in [2.05, 4.69) is 41.3 Å². The molecule has 31 heavy (non-hydrogen) atoms. The van der Waals surface area contributed by atoms with Gasteiger partial charge in [0.2, 0.25) is 5.43 Å². The molecule has 2 aromatic carbocycles. The van der Waals surface area contributed by atoms with Crippen molar-refractivity contribution in [3.63, 3.8) is 0 Å². The second-order valence-electron chi connectivity index (χ2n) is 7.60. The number of hydrogen-bond donors (Lipinski definition) is 1. The molecule has 6 heteroatoms. The zero-order chi connectivity index (χ0) is 22.4. The van der Waals surface area contributed by atoms with Crippen LogP contribution < -0.4 is 10.7 Å². The van der Waals surface area contributed by atoms with Crippen LogP contribution in [0.15, 0.2) is 65.6 Å². The van der Waals surface area contributed by atoms with Crippen molar-refractivity contribution in [1.82, 2.24) is 20.0 Å². The Bertz CT molecular complexity index is 1090. The lowest BCUT2D eigenvalue weighted by atomic mass is 10.0. The van der Waals surface area contributed by atoms with Crippen molar-refractivity contribution in [2.75, 3.05) is 19.6 Å². The van der Waals surface area contributed by atoms with Gasteiger partial charge in [-0.15, -0.1) is 0 Å². The Morgan fingerprint density at radius 3 is 2.39 bits per heavy atom. The largest absolute Gasteiger partial charge is 0.349 e. The van der Waals surface area contributed by atoms with Crippen molar-refractivity contribution >= 4 is 5.91 Å². The lowest BCUT2D eigenvalue weighted by Crippen LogP contribution is -2.39. The molecule has 1 N–H and O–H groups in total. The van der Waals surface area contributed by atoms with Gasteiger partial charge in [-0.25, -0.2) is 4.68 Å². The average molecular weight is 419 g/mol. The molecule has 1 unspecified atom stereocenters.